The predicted molar refractivity (Wildman–Crippen MR) is 72.4 cm³/mol. The van der Waals surface area contributed by atoms with Crippen molar-refractivity contribution in [2.75, 3.05) is 39.4 Å². The second kappa shape index (κ2) is 5.49. The highest BCUT2D eigenvalue weighted by atomic mass is 16.5. The zero-order valence-electron chi connectivity index (χ0n) is 12.1. The average molecular weight is 279 g/mol. The molecular weight excluding hydrogens is 258 g/mol. The molecule has 7 nitrogen and oxygen atoms in total. The molecule has 0 bridgehead atoms. The van der Waals surface area contributed by atoms with Crippen molar-refractivity contribution in [1.29, 1.82) is 0 Å². The lowest BCUT2D eigenvalue weighted by atomic mass is 10.2. The molecule has 1 aromatic rings. The first kappa shape index (κ1) is 13.5. The number of hydrogen-bond acceptors (Lipinski definition) is 5. The van der Waals surface area contributed by atoms with Crippen molar-refractivity contribution in [3.05, 3.63) is 11.6 Å². The summed E-state index contributed by atoms with van der Waals surface area (Å²) in [6.45, 7) is 9.67. The number of carbonyl (C=O) groups excluding carboxylic acids is 1. The largest absolute Gasteiger partial charge is 0.379 e. The first-order valence-electron chi connectivity index (χ1n) is 7.26. The van der Waals surface area contributed by atoms with Crippen molar-refractivity contribution in [3.8, 4) is 0 Å². The smallest absolute Gasteiger partial charge is 0.291 e. The number of amides is 1. The number of morpholine rings is 1. The summed E-state index contributed by atoms with van der Waals surface area (Å²) in [5.74, 6) is 1.37. The maximum atomic E-state index is 12.2. The monoisotopic (exact) mass is 279 g/mol. The van der Waals surface area contributed by atoms with Gasteiger partial charge in [-0.15, -0.1) is 10.2 Å². The second-order valence-electron chi connectivity index (χ2n) is 5.24. The molecule has 2 aliphatic heterocycles. The molecule has 0 saturated carbocycles. The zero-order chi connectivity index (χ0) is 14.1. The van der Waals surface area contributed by atoms with Gasteiger partial charge in [0.05, 0.1) is 19.3 Å². The molecule has 7 heteroatoms. The highest BCUT2D eigenvalue weighted by Gasteiger charge is 2.31. The fourth-order valence-corrected chi connectivity index (χ4v) is 2.90. The first-order chi connectivity index (χ1) is 9.72. The van der Waals surface area contributed by atoms with E-state index in [4.69, 9.17) is 4.74 Å². The van der Waals surface area contributed by atoms with E-state index in [0.717, 1.165) is 51.8 Å². The maximum absolute atomic E-state index is 12.2. The Kier molecular flexibility index (Phi) is 3.71. The fourth-order valence-electron chi connectivity index (χ4n) is 2.90. The first-order valence-corrected chi connectivity index (χ1v) is 7.26. The highest BCUT2D eigenvalue weighted by Crippen LogP contribution is 2.22. The Balaban J connectivity index is 1.84. The molecule has 3 heterocycles. The molecule has 1 aromatic heterocycles. The summed E-state index contributed by atoms with van der Waals surface area (Å²) in [5, 5.41) is 8.39. The van der Waals surface area contributed by atoms with Crippen LogP contribution in [0.3, 0.4) is 0 Å². The van der Waals surface area contributed by atoms with Gasteiger partial charge in [-0.1, -0.05) is 0 Å². The average Bonchev–Trinajstić information content (AvgIpc) is 2.92. The topological polar surface area (TPSA) is 63.5 Å². The number of aromatic nitrogens is 3. The van der Waals surface area contributed by atoms with Crippen LogP contribution in [-0.2, 0) is 11.3 Å². The van der Waals surface area contributed by atoms with Gasteiger partial charge in [-0.3, -0.25) is 9.69 Å². The minimum atomic E-state index is -0.00771. The van der Waals surface area contributed by atoms with E-state index in [1.165, 1.54) is 0 Å². The third-order valence-electron chi connectivity index (χ3n) is 4.20. The number of ether oxygens (including phenoxy) is 1. The quantitative estimate of drug-likeness (QED) is 0.788. The van der Waals surface area contributed by atoms with Crippen molar-refractivity contribution in [2.45, 2.75) is 26.4 Å². The third-order valence-corrected chi connectivity index (χ3v) is 4.20. The summed E-state index contributed by atoms with van der Waals surface area (Å²) in [6, 6.07) is 0.168. The Morgan fingerprint density at radius 2 is 1.95 bits per heavy atom. The van der Waals surface area contributed by atoms with Crippen molar-refractivity contribution in [1.82, 2.24) is 24.6 Å². The number of nitrogens with zero attached hydrogens (tertiary/aromatic N) is 5. The van der Waals surface area contributed by atoms with Crippen LogP contribution in [-0.4, -0.2) is 69.9 Å². The van der Waals surface area contributed by atoms with Crippen LogP contribution in [0.1, 0.15) is 36.3 Å². The van der Waals surface area contributed by atoms with E-state index in [2.05, 4.69) is 22.0 Å². The molecule has 2 aliphatic rings. The minimum absolute atomic E-state index is 0.00771. The van der Waals surface area contributed by atoms with Crippen LogP contribution in [0.2, 0.25) is 0 Å². The Labute approximate surface area is 118 Å². The van der Waals surface area contributed by atoms with Gasteiger partial charge in [0.15, 0.2) is 5.82 Å². The van der Waals surface area contributed by atoms with Gasteiger partial charge in [-0.05, 0) is 13.8 Å². The van der Waals surface area contributed by atoms with E-state index in [9.17, 15) is 4.79 Å². The summed E-state index contributed by atoms with van der Waals surface area (Å²) in [5.41, 5.74) is 0. The summed E-state index contributed by atoms with van der Waals surface area (Å²) < 4.78 is 7.36. The fraction of sp³-hybridized carbons (Fsp3) is 0.769. The van der Waals surface area contributed by atoms with Gasteiger partial charge in [0.2, 0.25) is 5.82 Å². The Morgan fingerprint density at radius 3 is 2.65 bits per heavy atom. The van der Waals surface area contributed by atoms with Gasteiger partial charge in [-0.25, -0.2) is 0 Å². The summed E-state index contributed by atoms with van der Waals surface area (Å²) in [4.78, 5) is 16.4. The van der Waals surface area contributed by atoms with Gasteiger partial charge in [-0.2, -0.15) is 0 Å². The van der Waals surface area contributed by atoms with Gasteiger partial charge in [0.1, 0.15) is 0 Å². The molecule has 0 aliphatic carbocycles. The molecule has 110 valence electrons. The molecule has 1 fully saturated rings. The van der Waals surface area contributed by atoms with Crippen molar-refractivity contribution < 1.29 is 9.53 Å². The summed E-state index contributed by atoms with van der Waals surface area (Å²) in [6.07, 6.45) is 0. The van der Waals surface area contributed by atoms with Crippen LogP contribution in [0, 0.1) is 0 Å². The van der Waals surface area contributed by atoms with Crippen LogP contribution < -0.4 is 0 Å². The van der Waals surface area contributed by atoms with Crippen molar-refractivity contribution >= 4 is 5.91 Å². The molecule has 1 saturated heterocycles. The summed E-state index contributed by atoms with van der Waals surface area (Å²) in [7, 11) is 0. The van der Waals surface area contributed by atoms with E-state index in [1.54, 1.807) is 0 Å². The van der Waals surface area contributed by atoms with Gasteiger partial charge >= 0.3 is 0 Å². The molecule has 0 spiro atoms. The van der Waals surface area contributed by atoms with E-state index < -0.39 is 0 Å². The Morgan fingerprint density at radius 1 is 1.20 bits per heavy atom. The zero-order valence-corrected chi connectivity index (χ0v) is 12.1. The molecule has 0 aromatic carbocycles. The van der Waals surface area contributed by atoms with E-state index in [1.807, 2.05) is 16.4 Å². The molecule has 20 heavy (non-hydrogen) atoms. The van der Waals surface area contributed by atoms with E-state index in [0.29, 0.717) is 5.82 Å². The lowest BCUT2D eigenvalue weighted by Crippen LogP contribution is -2.42. The lowest BCUT2D eigenvalue weighted by Gasteiger charge is -2.33. The molecule has 0 radical (unpaired) electrons. The second-order valence-corrected chi connectivity index (χ2v) is 5.24. The van der Waals surface area contributed by atoms with Crippen LogP contribution in [0.5, 0.6) is 0 Å². The number of hydrogen-bond donors (Lipinski definition) is 0. The molecule has 1 unspecified atom stereocenters. The van der Waals surface area contributed by atoms with E-state index >= 15 is 0 Å². The normalized spacial score (nSPS) is 21.9. The minimum Gasteiger partial charge on any atom is -0.379 e. The predicted octanol–water partition coefficient (Wildman–Crippen LogP) is 0.147. The van der Waals surface area contributed by atoms with Gasteiger partial charge < -0.3 is 14.2 Å². The number of carbonyl (C=O) groups is 1. The van der Waals surface area contributed by atoms with Crippen molar-refractivity contribution in [3.63, 3.8) is 0 Å². The van der Waals surface area contributed by atoms with E-state index in [-0.39, 0.29) is 11.9 Å². The SMILES string of the molecule is CCN1CCn2c(nnc2C(C)N2CCOCC2)C1=O. The summed E-state index contributed by atoms with van der Waals surface area (Å²) >= 11 is 0. The molecule has 1 amide bonds. The number of rotatable bonds is 3. The molecular formula is C13H21N5O2. The Hall–Kier alpha value is -1.47. The van der Waals surface area contributed by atoms with Crippen LogP contribution in [0.4, 0.5) is 0 Å². The third kappa shape index (κ3) is 2.20. The molecule has 3 rings (SSSR count). The highest BCUT2D eigenvalue weighted by molar-refractivity contribution is 5.91. The lowest BCUT2D eigenvalue weighted by molar-refractivity contribution is 0.0171. The Bertz CT molecular complexity index is 495. The van der Waals surface area contributed by atoms with Crippen LogP contribution >= 0.6 is 0 Å². The number of likely N-dealkylation sites (N-methyl/N-ethyl adjacent to an activating group) is 1. The molecule has 0 N–H and O–H groups in total. The number of fused-ring (bicyclic) bond motifs is 1. The maximum Gasteiger partial charge on any atom is 0.291 e. The van der Waals surface area contributed by atoms with Crippen LogP contribution in [0.15, 0.2) is 0 Å². The van der Waals surface area contributed by atoms with Crippen LogP contribution in [0.25, 0.3) is 0 Å². The van der Waals surface area contributed by atoms with Gasteiger partial charge in [0, 0.05) is 32.7 Å². The van der Waals surface area contributed by atoms with Crippen molar-refractivity contribution in [2.24, 2.45) is 0 Å². The molecule has 1 atom stereocenters. The van der Waals surface area contributed by atoms with Gasteiger partial charge in [0.25, 0.3) is 5.91 Å². The standard InChI is InChI=1S/C13H21N5O2/c1-3-16-4-5-18-11(14-15-12(18)13(16)19)10(2)17-6-8-20-9-7-17/h10H,3-9H2,1-2H3.